The van der Waals surface area contributed by atoms with Crippen molar-refractivity contribution in [2.24, 2.45) is 0 Å². The molecule has 0 atom stereocenters. The monoisotopic (exact) mass is 453 g/mol. The van der Waals surface area contributed by atoms with E-state index in [1.165, 1.54) is 31.2 Å². The van der Waals surface area contributed by atoms with Gasteiger partial charge in [-0.05, 0) is 35.4 Å². The van der Waals surface area contributed by atoms with E-state index in [2.05, 4.69) is 5.32 Å². The Bertz CT molecular complexity index is 967. The molecule has 0 aromatic heterocycles. The summed E-state index contributed by atoms with van der Waals surface area (Å²) in [5.74, 6) is -4.27. The fourth-order valence-electron chi connectivity index (χ4n) is 2.69. The van der Waals surface area contributed by atoms with Gasteiger partial charge in [0, 0.05) is 5.69 Å². The first-order chi connectivity index (χ1) is 13.7. The maximum absolute atomic E-state index is 12.8. The molecule has 0 aliphatic carbocycles. The number of amides is 1. The summed E-state index contributed by atoms with van der Waals surface area (Å²) in [4.78, 5) is 12.2. The number of carbonyl (C=O) groups excluding carboxylic acids is 1. The highest BCUT2D eigenvalue weighted by atomic mass is 32.2. The molecule has 0 aliphatic rings. The van der Waals surface area contributed by atoms with Crippen LogP contribution in [0.2, 0.25) is 0 Å². The first-order valence-corrected chi connectivity index (χ1v) is 10.2. The quantitative estimate of drug-likeness (QED) is 0.635. The standard InChI is InChI=1S/C19H17F6NO3S/c1-2-30(28,29)15-9-3-12(4-10-15)11-16(27)26-14-7-5-13(6-8-14)17(18(20,21)22)19(23,24)25/h3-10,17H,2,11H2,1H3,(H,26,27). The van der Waals surface area contributed by atoms with Crippen molar-refractivity contribution in [3.63, 3.8) is 0 Å². The van der Waals surface area contributed by atoms with Crippen molar-refractivity contribution in [3.8, 4) is 0 Å². The van der Waals surface area contributed by atoms with E-state index in [0.29, 0.717) is 17.7 Å². The number of halogens is 6. The van der Waals surface area contributed by atoms with Crippen molar-refractivity contribution in [1.82, 2.24) is 0 Å². The molecular weight excluding hydrogens is 436 g/mol. The van der Waals surface area contributed by atoms with Gasteiger partial charge in [-0.15, -0.1) is 0 Å². The highest BCUT2D eigenvalue weighted by molar-refractivity contribution is 7.91. The summed E-state index contributed by atoms with van der Waals surface area (Å²) in [7, 11) is -3.38. The Morgan fingerprint density at radius 2 is 1.40 bits per heavy atom. The smallest absolute Gasteiger partial charge is 0.326 e. The summed E-state index contributed by atoms with van der Waals surface area (Å²) < 4.78 is 100. The number of hydrogen-bond donors (Lipinski definition) is 1. The number of benzene rings is 2. The molecule has 0 saturated carbocycles. The number of carbonyl (C=O) groups is 1. The molecule has 2 aromatic rings. The van der Waals surface area contributed by atoms with Crippen molar-refractivity contribution >= 4 is 21.4 Å². The summed E-state index contributed by atoms with van der Waals surface area (Å²) in [6.45, 7) is 1.49. The van der Waals surface area contributed by atoms with Gasteiger partial charge in [0.1, 0.15) is 0 Å². The van der Waals surface area contributed by atoms with Crippen LogP contribution < -0.4 is 5.32 Å². The molecule has 0 radical (unpaired) electrons. The second kappa shape index (κ2) is 8.66. The average Bonchev–Trinajstić information content (AvgIpc) is 2.61. The number of hydrogen-bond acceptors (Lipinski definition) is 3. The Balaban J connectivity index is 2.08. The van der Waals surface area contributed by atoms with Crippen LogP contribution in [-0.2, 0) is 21.1 Å². The van der Waals surface area contributed by atoms with E-state index >= 15 is 0 Å². The van der Waals surface area contributed by atoms with E-state index in [-0.39, 0.29) is 22.8 Å². The molecule has 0 saturated heterocycles. The minimum absolute atomic E-state index is 0.0250. The summed E-state index contributed by atoms with van der Waals surface area (Å²) in [5.41, 5.74) is -0.480. The fraction of sp³-hybridized carbons (Fsp3) is 0.316. The second-order valence-corrected chi connectivity index (χ2v) is 8.69. The molecule has 0 heterocycles. The molecule has 1 N–H and O–H groups in total. The number of nitrogens with one attached hydrogen (secondary N) is 1. The molecule has 164 valence electrons. The van der Waals surface area contributed by atoms with E-state index < -0.39 is 39.6 Å². The predicted octanol–water partition coefficient (Wildman–Crippen LogP) is 4.87. The van der Waals surface area contributed by atoms with Crippen molar-refractivity contribution in [1.29, 1.82) is 0 Å². The summed E-state index contributed by atoms with van der Waals surface area (Å²) in [6.07, 6.45) is -11.2. The molecule has 2 aromatic carbocycles. The predicted molar refractivity (Wildman–Crippen MR) is 97.8 cm³/mol. The van der Waals surface area contributed by atoms with Gasteiger partial charge in [0.2, 0.25) is 5.91 Å². The Kier molecular flexibility index (Phi) is 6.85. The lowest BCUT2D eigenvalue weighted by atomic mass is 9.97. The van der Waals surface area contributed by atoms with Gasteiger partial charge in [0.05, 0.1) is 17.1 Å². The third kappa shape index (κ3) is 5.97. The van der Waals surface area contributed by atoms with E-state index in [1.54, 1.807) is 0 Å². The van der Waals surface area contributed by atoms with Crippen LogP contribution in [0.1, 0.15) is 24.0 Å². The number of alkyl halides is 6. The number of sulfone groups is 1. The molecule has 0 bridgehead atoms. The van der Waals surface area contributed by atoms with Gasteiger partial charge in [-0.3, -0.25) is 4.79 Å². The van der Waals surface area contributed by atoms with Crippen LogP contribution in [0.3, 0.4) is 0 Å². The highest BCUT2D eigenvalue weighted by Gasteiger charge is 2.57. The van der Waals surface area contributed by atoms with Crippen LogP contribution in [0.4, 0.5) is 32.0 Å². The summed E-state index contributed by atoms with van der Waals surface area (Å²) >= 11 is 0. The van der Waals surface area contributed by atoms with Crippen LogP contribution in [0.5, 0.6) is 0 Å². The van der Waals surface area contributed by atoms with Crippen LogP contribution in [-0.4, -0.2) is 32.4 Å². The lowest BCUT2D eigenvalue weighted by molar-refractivity contribution is -0.253. The minimum atomic E-state index is -5.50. The Hall–Kier alpha value is -2.56. The molecule has 1 amide bonds. The van der Waals surface area contributed by atoms with Gasteiger partial charge in [-0.25, -0.2) is 8.42 Å². The molecule has 0 spiro atoms. The molecule has 11 heteroatoms. The van der Waals surface area contributed by atoms with Crippen molar-refractivity contribution in [2.45, 2.75) is 36.5 Å². The molecule has 0 unspecified atom stereocenters. The Labute approximate surface area is 168 Å². The van der Waals surface area contributed by atoms with E-state index in [1.807, 2.05) is 0 Å². The largest absolute Gasteiger partial charge is 0.404 e. The topological polar surface area (TPSA) is 63.2 Å². The van der Waals surface area contributed by atoms with Gasteiger partial charge in [0.25, 0.3) is 0 Å². The minimum Gasteiger partial charge on any atom is -0.326 e. The van der Waals surface area contributed by atoms with Crippen molar-refractivity contribution in [2.75, 3.05) is 11.1 Å². The Morgan fingerprint density at radius 3 is 1.83 bits per heavy atom. The first kappa shape index (κ1) is 23.7. The average molecular weight is 453 g/mol. The van der Waals surface area contributed by atoms with Gasteiger partial charge in [-0.1, -0.05) is 31.2 Å². The van der Waals surface area contributed by atoms with Crippen molar-refractivity contribution < 1.29 is 39.6 Å². The van der Waals surface area contributed by atoms with Crippen LogP contribution in [0.15, 0.2) is 53.4 Å². The normalized spacial score (nSPS) is 12.8. The maximum Gasteiger partial charge on any atom is 0.404 e. The molecule has 30 heavy (non-hydrogen) atoms. The number of rotatable bonds is 6. The van der Waals surface area contributed by atoms with Crippen molar-refractivity contribution in [3.05, 3.63) is 59.7 Å². The lowest BCUT2D eigenvalue weighted by Gasteiger charge is -2.23. The Morgan fingerprint density at radius 1 is 0.900 bits per heavy atom. The third-order valence-corrected chi connectivity index (χ3v) is 5.96. The molecule has 0 fully saturated rings. The summed E-state index contributed by atoms with van der Waals surface area (Å²) in [6, 6.07) is 8.82. The zero-order valence-electron chi connectivity index (χ0n) is 15.5. The number of anilines is 1. The van der Waals surface area contributed by atoms with Gasteiger partial charge >= 0.3 is 12.4 Å². The summed E-state index contributed by atoms with van der Waals surface area (Å²) in [5, 5.41) is 2.37. The molecule has 2 rings (SSSR count). The lowest BCUT2D eigenvalue weighted by Crippen LogP contribution is -2.34. The van der Waals surface area contributed by atoms with Crippen LogP contribution in [0, 0.1) is 0 Å². The van der Waals surface area contributed by atoms with Crippen LogP contribution >= 0.6 is 0 Å². The maximum atomic E-state index is 12.8. The third-order valence-electron chi connectivity index (χ3n) is 4.21. The molecule has 4 nitrogen and oxygen atoms in total. The second-order valence-electron chi connectivity index (χ2n) is 6.41. The van der Waals surface area contributed by atoms with E-state index in [9.17, 15) is 39.6 Å². The highest BCUT2D eigenvalue weighted by Crippen LogP contribution is 2.46. The van der Waals surface area contributed by atoms with Crippen LogP contribution in [0.25, 0.3) is 0 Å². The molecular formula is C19H17F6NO3S. The van der Waals surface area contributed by atoms with Gasteiger partial charge in [0.15, 0.2) is 15.8 Å². The zero-order chi connectivity index (χ0) is 22.7. The van der Waals surface area contributed by atoms with Gasteiger partial charge in [-0.2, -0.15) is 26.3 Å². The zero-order valence-corrected chi connectivity index (χ0v) is 16.3. The van der Waals surface area contributed by atoms with Gasteiger partial charge < -0.3 is 5.32 Å². The van der Waals surface area contributed by atoms with E-state index in [0.717, 1.165) is 12.1 Å². The van der Waals surface area contributed by atoms with E-state index in [4.69, 9.17) is 0 Å². The first-order valence-electron chi connectivity index (χ1n) is 8.59. The fourth-order valence-corrected chi connectivity index (χ4v) is 3.58. The molecule has 0 aliphatic heterocycles. The SMILES string of the molecule is CCS(=O)(=O)c1ccc(CC(=O)Nc2ccc(C(C(F)(F)F)C(F)(F)F)cc2)cc1.